The first kappa shape index (κ1) is 64.5. The van der Waals surface area contributed by atoms with Gasteiger partial charge in [0, 0.05) is 24.9 Å². The SMILES string of the molecule is CC/C=C\C/C=C\C/C=C\C/C=C\C/C=C\C/C=C\CCC(=O)NCC(=O)Cc1ccc(O)c(C(=O)O)c1.COC(=O)c1cc(N)ccc1O.N=CO[B]CC(=O)O.NCC(=O)Cc1ccc(O)c(C(=O)O)c1. The molecule has 0 aliphatic rings. The van der Waals surface area contributed by atoms with Crippen LogP contribution in [0, 0.1) is 5.41 Å². The lowest BCUT2D eigenvalue weighted by Crippen LogP contribution is -2.30. The van der Waals surface area contributed by atoms with Gasteiger partial charge in [0.1, 0.15) is 40.3 Å². The number of hydrogen-bond acceptors (Lipinski definition) is 15. The Hall–Kier alpha value is -8.52. The maximum absolute atomic E-state index is 12.1. The maximum atomic E-state index is 12.1. The Bertz CT molecular complexity index is 2430. The number of hydrogen-bond donors (Lipinski definition) is 10. The molecule has 0 heterocycles. The molecule has 0 atom stereocenters. The average molecular weight is 1010 g/mol. The number of phenols is 3. The number of anilines is 1. The Morgan fingerprint density at radius 1 is 0.630 bits per heavy atom. The second-order valence-corrected chi connectivity index (χ2v) is 15.0. The summed E-state index contributed by atoms with van der Waals surface area (Å²) in [4.78, 5) is 77.4. The van der Waals surface area contributed by atoms with Gasteiger partial charge in [-0.1, -0.05) is 92.0 Å². The Balaban J connectivity index is 0.00000119. The third-order valence-corrected chi connectivity index (χ3v) is 9.08. The summed E-state index contributed by atoms with van der Waals surface area (Å²) in [5.74, 6) is -5.49. The van der Waals surface area contributed by atoms with Gasteiger partial charge in [-0.25, -0.2) is 14.4 Å². The Morgan fingerprint density at radius 2 is 1.07 bits per heavy atom. The summed E-state index contributed by atoms with van der Waals surface area (Å²) < 4.78 is 8.60. The van der Waals surface area contributed by atoms with Crippen molar-refractivity contribution in [3.8, 4) is 17.2 Å². The number of benzene rings is 3. The number of aromatic hydroxyl groups is 3. The first-order valence-electron chi connectivity index (χ1n) is 22.8. The number of nitrogens with two attached hydrogens (primary N) is 2. The number of esters is 1. The van der Waals surface area contributed by atoms with E-state index < -0.39 is 23.9 Å². The molecule has 0 aromatic heterocycles. The summed E-state index contributed by atoms with van der Waals surface area (Å²) in [6.07, 6.45) is 32.7. The van der Waals surface area contributed by atoms with Crippen molar-refractivity contribution >= 4 is 60.9 Å². The lowest BCUT2D eigenvalue weighted by molar-refractivity contribution is -0.134. The van der Waals surface area contributed by atoms with Crippen LogP contribution in [0.25, 0.3) is 0 Å². The van der Waals surface area contributed by atoms with E-state index in [1.54, 1.807) is 0 Å². The number of nitrogens with one attached hydrogen (secondary N) is 2. The van der Waals surface area contributed by atoms with Crippen LogP contribution in [0.3, 0.4) is 0 Å². The topological polar surface area (TPSA) is 347 Å². The van der Waals surface area contributed by atoms with E-state index in [-0.39, 0.29) is 90.1 Å². The van der Waals surface area contributed by atoms with Crippen LogP contribution in [0.15, 0.2) is 128 Å². The van der Waals surface area contributed by atoms with Crippen molar-refractivity contribution in [1.29, 1.82) is 5.41 Å². The molecule has 0 bridgehead atoms. The standard InChI is InChI=1S/C32H41NO5.C10H11NO4.C8H9NO3.C3H5BNO3/c1-2-3-4-5-6-7-8-9-10-11-12-13-14-15-16-17-18-19-20-21-31(36)33-26-28(34)24-27-22-23-30(35)29(25-27)32(37)38;11-5-7(12)3-6-1-2-9(13)8(4-6)10(14)15;1-12-8(11)6-4-5(9)2-3-7(6)10;5-2-8-4-1-3(6)7/h3-4,6-7,9-10,12-13,15-16,18-19,22-23,25,35H,2,5,8,11,14,17,20-21,24,26H2,1H3,(H,33,36)(H,37,38);1-2,4,13H,3,5,11H2,(H,14,15);2-4,10H,9H2,1H3;2,5H,1H2,(H,6,7)/b4-3-,7-6-,10-9-,13-12-,16-15-,19-18-;;;. The summed E-state index contributed by atoms with van der Waals surface area (Å²) in [5.41, 5.74) is 11.6. The van der Waals surface area contributed by atoms with Gasteiger partial charge >= 0.3 is 25.4 Å². The lowest BCUT2D eigenvalue weighted by atomic mass is 9.96. The normalized spacial score (nSPS) is 10.8. The highest BCUT2D eigenvalue weighted by Crippen LogP contribution is 2.21. The molecule has 391 valence electrons. The number of methoxy groups -OCH3 is 1. The van der Waals surface area contributed by atoms with Gasteiger partial charge in [-0.2, -0.15) is 0 Å². The minimum Gasteiger partial charge on any atom is -0.555 e. The molecule has 1 amide bonds. The second kappa shape index (κ2) is 40.2. The molecule has 0 saturated heterocycles. The number of carbonyl (C=O) groups is 7. The fourth-order valence-electron chi connectivity index (χ4n) is 5.45. The van der Waals surface area contributed by atoms with Gasteiger partial charge in [-0.05, 0) is 98.5 Å². The summed E-state index contributed by atoms with van der Waals surface area (Å²) >= 11 is 0. The highest BCUT2D eigenvalue weighted by molar-refractivity contribution is 6.35. The van der Waals surface area contributed by atoms with Crippen molar-refractivity contribution < 1.29 is 73.6 Å². The number of carbonyl (C=O) groups excluding carboxylic acids is 4. The summed E-state index contributed by atoms with van der Waals surface area (Å²) in [6.45, 7) is 1.94. The first-order valence-corrected chi connectivity index (χ1v) is 22.8. The number of aliphatic carboxylic acids is 1. The molecule has 20 heteroatoms. The van der Waals surface area contributed by atoms with Gasteiger partial charge in [0.15, 0.2) is 11.6 Å². The quantitative estimate of drug-likeness (QED) is 0.00493. The molecule has 0 aliphatic heterocycles. The van der Waals surface area contributed by atoms with E-state index >= 15 is 0 Å². The highest BCUT2D eigenvalue weighted by Gasteiger charge is 2.14. The second-order valence-electron chi connectivity index (χ2n) is 15.0. The van der Waals surface area contributed by atoms with Crippen molar-refractivity contribution in [2.24, 2.45) is 5.73 Å². The Morgan fingerprint density at radius 3 is 1.49 bits per heavy atom. The molecule has 12 N–H and O–H groups in total. The number of phenolic OH excluding ortho intramolecular Hbond substituents is 1. The lowest BCUT2D eigenvalue weighted by Gasteiger charge is -2.06. The van der Waals surface area contributed by atoms with E-state index in [9.17, 15) is 48.9 Å². The van der Waals surface area contributed by atoms with Crippen molar-refractivity contribution in [2.75, 3.05) is 25.9 Å². The maximum Gasteiger partial charge on any atom is 0.382 e. The zero-order chi connectivity index (χ0) is 54.8. The number of ether oxygens (including phenoxy) is 1. The van der Waals surface area contributed by atoms with Crippen LogP contribution in [0.2, 0.25) is 6.32 Å². The van der Waals surface area contributed by atoms with Gasteiger partial charge in [0.2, 0.25) is 5.91 Å². The molecule has 0 spiro atoms. The van der Waals surface area contributed by atoms with E-state index in [0.717, 1.165) is 46.0 Å². The fourth-order valence-corrected chi connectivity index (χ4v) is 5.45. The number of carboxylic acids is 3. The number of allylic oxidation sites excluding steroid dienone is 12. The molecule has 73 heavy (non-hydrogen) atoms. The zero-order valence-corrected chi connectivity index (χ0v) is 41.0. The van der Waals surface area contributed by atoms with E-state index in [0.29, 0.717) is 29.6 Å². The molecule has 19 nitrogen and oxygen atoms in total. The van der Waals surface area contributed by atoms with Gasteiger partial charge in [-0.3, -0.25) is 24.6 Å². The predicted molar refractivity (Wildman–Crippen MR) is 279 cm³/mol. The average Bonchev–Trinajstić information content (AvgIpc) is 3.36. The largest absolute Gasteiger partial charge is 0.555 e. The van der Waals surface area contributed by atoms with Crippen molar-refractivity contribution in [1.82, 2.24) is 5.32 Å². The Kier molecular flexibility index (Phi) is 35.5. The Labute approximate surface area is 425 Å². The smallest absolute Gasteiger partial charge is 0.382 e. The number of ketones is 2. The summed E-state index contributed by atoms with van der Waals surface area (Å²) in [5, 5.41) is 62.5. The van der Waals surface area contributed by atoms with E-state index in [4.69, 9.17) is 32.2 Å². The van der Waals surface area contributed by atoms with Gasteiger partial charge in [-0.15, -0.1) is 0 Å². The van der Waals surface area contributed by atoms with E-state index in [2.05, 4.69) is 82.4 Å². The fraction of sp³-hybridized carbons (Fsp3) is 0.283. The summed E-state index contributed by atoms with van der Waals surface area (Å²) in [6, 6.07) is 12.2. The first-order chi connectivity index (χ1) is 34.9. The van der Waals surface area contributed by atoms with Crippen LogP contribution >= 0.6 is 0 Å². The number of nitrogen functional groups attached to an aromatic ring is 1. The van der Waals surface area contributed by atoms with Crippen LogP contribution in [0.4, 0.5) is 5.69 Å². The summed E-state index contributed by atoms with van der Waals surface area (Å²) in [7, 11) is 2.28. The number of rotatable bonds is 28. The van der Waals surface area contributed by atoms with Gasteiger partial charge in [0.25, 0.3) is 5.97 Å². The van der Waals surface area contributed by atoms with Crippen LogP contribution in [-0.4, -0.2) is 106 Å². The molecule has 3 rings (SSSR count). The molecular formula is C53H66BN4O15. The molecular weight excluding hydrogens is 943 g/mol. The molecule has 3 aromatic rings. The molecule has 0 aliphatic carbocycles. The number of carboxylic acid groups (broad SMARTS) is 3. The number of amides is 1. The molecule has 3 aromatic carbocycles. The van der Waals surface area contributed by atoms with Crippen LogP contribution in [0.5, 0.6) is 17.2 Å². The van der Waals surface area contributed by atoms with Gasteiger partial charge in [0.05, 0.1) is 26.5 Å². The number of aromatic carboxylic acids is 2. The molecule has 0 fully saturated rings. The highest BCUT2D eigenvalue weighted by atomic mass is 16.5. The molecule has 1 radical (unpaired) electrons. The monoisotopic (exact) mass is 1010 g/mol. The van der Waals surface area contributed by atoms with Crippen molar-refractivity contribution in [3.63, 3.8) is 0 Å². The minimum atomic E-state index is -1.26. The minimum absolute atomic E-state index is 0.0199. The molecule has 0 unspecified atom stereocenters. The van der Waals surface area contributed by atoms with Crippen LogP contribution < -0.4 is 16.8 Å². The zero-order valence-electron chi connectivity index (χ0n) is 41.0. The van der Waals surface area contributed by atoms with Crippen molar-refractivity contribution in [3.05, 3.63) is 155 Å². The molecule has 0 saturated carbocycles. The third-order valence-electron chi connectivity index (χ3n) is 9.08. The van der Waals surface area contributed by atoms with Crippen LogP contribution in [-0.2, 0) is 41.4 Å². The van der Waals surface area contributed by atoms with E-state index in [1.807, 2.05) is 12.2 Å². The van der Waals surface area contributed by atoms with Gasteiger partial charge < -0.3 is 56.8 Å². The van der Waals surface area contributed by atoms with E-state index in [1.165, 1.54) is 61.7 Å². The third kappa shape index (κ3) is 32.8. The van der Waals surface area contributed by atoms with Crippen LogP contribution in [0.1, 0.15) is 100 Å². The van der Waals surface area contributed by atoms with Crippen molar-refractivity contribution in [2.45, 2.75) is 77.5 Å². The predicted octanol–water partition coefficient (Wildman–Crippen LogP) is 7.45. The number of Topliss-reactive ketones (excluding diaryl/α,β-unsaturated/α-hetero) is 2.